The number of carbonyl (C=O) groups is 1. The maximum Gasteiger partial charge on any atom is 0.414 e. The van der Waals surface area contributed by atoms with E-state index in [1.54, 1.807) is 17.8 Å². The summed E-state index contributed by atoms with van der Waals surface area (Å²) in [6.45, 7) is 0.508. The lowest BCUT2D eigenvalue weighted by molar-refractivity contribution is 0.196. The molecule has 7 heteroatoms. The van der Waals surface area contributed by atoms with Gasteiger partial charge in [-0.1, -0.05) is 24.3 Å². The summed E-state index contributed by atoms with van der Waals surface area (Å²) in [6.07, 6.45) is -0.537. The third-order valence-electron chi connectivity index (χ3n) is 2.83. The average molecular weight is 346 g/mol. The highest BCUT2D eigenvalue weighted by Gasteiger charge is 2.11. The maximum absolute atomic E-state index is 11.7. The molecule has 0 atom stereocenters. The van der Waals surface area contributed by atoms with Crippen LogP contribution in [0.4, 0.5) is 4.79 Å². The molecule has 2 aromatic heterocycles. The summed E-state index contributed by atoms with van der Waals surface area (Å²) in [5.41, 5.74) is 0. The van der Waals surface area contributed by atoms with Crippen LogP contribution in [-0.2, 0) is 0 Å². The van der Waals surface area contributed by atoms with Gasteiger partial charge in [0.2, 0.25) is 0 Å². The van der Waals surface area contributed by atoms with Crippen LogP contribution in [0.15, 0.2) is 63.3 Å². The molecule has 0 spiro atoms. The van der Waals surface area contributed by atoms with Crippen molar-refractivity contribution >= 4 is 29.2 Å². The van der Waals surface area contributed by atoms with Gasteiger partial charge >= 0.3 is 6.09 Å². The molecule has 3 rings (SSSR count). The number of rotatable bonds is 6. The number of thioether (sulfide) groups is 1. The monoisotopic (exact) mass is 346 g/mol. The maximum atomic E-state index is 11.7. The zero-order valence-electron chi connectivity index (χ0n) is 12.1. The van der Waals surface area contributed by atoms with Gasteiger partial charge in [0.1, 0.15) is 0 Å². The van der Waals surface area contributed by atoms with Gasteiger partial charge in [0, 0.05) is 17.2 Å². The lowest BCUT2D eigenvalue weighted by atomic mass is 10.4. The zero-order valence-corrected chi connectivity index (χ0v) is 13.7. The van der Waals surface area contributed by atoms with Gasteiger partial charge in [0.05, 0.1) is 10.9 Å². The van der Waals surface area contributed by atoms with Gasteiger partial charge in [-0.2, -0.15) is 0 Å². The SMILES string of the molecule is O=C(NCCSc1ccccc1)Oc1cc(-c2cccs2)on1. The largest absolute Gasteiger partial charge is 0.414 e. The topological polar surface area (TPSA) is 64.4 Å². The Morgan fingerprint density at radius 2 is 2.13 bits per heavy atom. The average Bonchev–Trinajstić information content (AvgIpc) is 3.24. The zero-order chi connectivity index (χ0) is 15.9. The van der Waals surface area contributed by atoms with Crippen molar-refractivity contribution in [1.82, 2.24) is 10.5 Å². The number of hydrogen-bond donors (Lipinski definition) is 1. The highest BCUT2D eigenvalue weighted by atomic mass is 32.2. The molecule has 23 heavy (non-hydrogen) atoms. The van der Waals surface area contributed by atoms with E-state index in [1.807, 2.05) is 47.8 Å². The van der Waals surface area contributed by atoms with Gasteiger partial charge in [-0.25, -0.2) is 4.79 Å². The number of aromatic nitrogens is 1. The fourth-order valence-corrected chi connectivity index (χ4v) is 3.27. The van der Waals surface area contributed by atoms with E-state index in [2.05, 4.69) is 10.5 Å². The van der Waals surface area contributed by atoms with Gasteiger partial charge in [0.25, 0.3) is 5.88 Å². The minimum atomic E-state index is -0.537. The quantitative estimate of drug-likeness (QED) is 0.533. The summed E-state index contributed by atoms with van der Waals surface area (Å²) in [5.74, 6) is 1.50. The van der Waals surface area contributed by atoms with Gasteiger partial charge in [-0.05, 0) is 28.7 Å². The lowest BCUT2D eigenvalue weighted by Gasteiger charge is -2.04. The molecule has 2 heterocycles. The third-order valence-corrected chi connectivity index (χ3v) is 4.73. The number of hydrogen-bond acceptors (Lipinski definition) is 6. The number of nitrogens with one attached hydrogen (secondary N) is 1. The van der Waals surface area contributed by atoms with Crippen molar-refractivity contribution in [3.05, 3.63) is 53.9 Å². The predicted octanol–water partition coefficient (Wildman–Crippen LogP) is 4.28. The summed E-state index contributed by atoms with van der Waals surface area (Å²) in [6, 6.07) is 15.4. The van der Waals surface area contributed by atoms with E-state index in [4.69, 9.17) is 9.26 Å². The number of amides is 1. The van der Waals surface area contributed by atoms with E-state index in [0.29, 0.717) is 12.3 Å². The molecule has 0 bridgehead atoms. The van der Waals surface area contributed by atoms with Crippen LogP contribution in [0, 0.1) is 0 Å². The number of thiophene rings is 1. The molecule has 5 nitrogen and oxygen atoms in total. The van der Waals surface area contributed by atoms with E-state index in [0.717, 1.165) is 10.6 Å². The fourth-order valence-electron chi connectivity index (χ4n) is 1.81. The molecular formula is C16H14N2O3S2. The van der Waals surface area contributed by atoms with Crippen LogP contribution in [0.25, 0.3) is 10.6 Å². The molecule has 3 aromatic rings. The van der Waals surface area contributed by atoms with Crippen LogP contribution >= 0.6 is 23.1 Å². The van der Waals surface area contributed by atoms with Crippen molar-refractivity contribution < 1.29 is 14.1 Å². The van der Waals surface area contributed by atoms with E-state index >= 15 is 0 Å². The fraction of sp³-hybridized carbons (Fsp3) is 0.125. The molecule has 1 aromatic carbocycles. The number of benzene rings is 1. The smallest absolute Gasteiger partial charge is 0.388 e. The van der Waals surface area contributed by atoms with Gasteiger partial charge in [0.15, 0.2) is 5.76 Å². The Morgan fingerprint density at radius 1 is 1.26 bits per heavy atom. The Balaban J connectivity index is 1.41. The highest BCUT2D eigenvalue weighted by Crippen LogP contribution is 2.27. The van der Waals surface area contributed by atoms with E-state index in [9.17, 15) is 4.79 Å². The standard InChI is InChI=1S/C16H14N2O3S2/c19-16(17-8-10-22-12-5-2-1-3-6-12)20-15-11-13(21-18-15)14-7-4-9-23-14/h1-7,9,11H,8,10H2,(H,17,19). The van der Waals surface area contributed by atoms with Crippen LogP contribution in [0.1, 0.15) is 0 Å². The molecular weight excluding hydrogens is 332 g/mol. The van der Waals surface area contributed by atoms with Crippen molar-refractivity contribution in [2.24, 2.45) is 0 Å². The molecule has 0 aliphatic carbocycles. The van der Waals surface area contributed by atoms with E-state index in [-0.39, 0.29) is 5.88 Å². The lowest BCUT2D eigenvalue weighted by Crippen LogP contribution is -2.28. The predicted molar refractivity (Wildman–Crippen MR) is 91.0 cm³/mol. The van der Waals surface area contributed by atoms with Crippen LogP contribution < -0.4 is 10.1 Å². The molecule has 0 saturated heterocycles. The first-order valence-electron chi connectivity index (χ1n) is 6.95. The van der Waals surface area contributed by atoms with Gasteiger partial charge < -0.3 is 14.6 Å². The number of carbonyl (C=O) groups excluding carboxylic acids is 1. The first-order valence-corrected chi connectivity index (χ1v) is 8.82. The Morgan fingerprint density at radius 3 is 2.91 bits per heavy atom. The van der Waals surface area contributed by atoms with Crippen molar-refractivity contribution in [3.63, 3.8) is 0 Å². The first-order chi connectivity index (χ1) is 11.3. The Labute approximate surface area is 141 Å². The van der Waals surface area contributed by atoms with E-state index in [1.165, 1.54) is 16.2 Å². The van der Waals surface area contributed by atoms with Crippen molar-refractivity contribution in [1.29, 1.82) is 0 Å². The molecule has 0 unspecified atom stereocenters. The molecule has 0 fully saturated rings. The normalized spacial score (nSPS) is 10.4. The van der Waals surface area contributed by atoms with Crippen LogP contribution in [0.5, 0.6) is 5.88 Å². The van der Waals surface area contributed by atoms with Crippen LogP contribution in [-0.4, -0.2) is 23.5 Å². The molecule has 1 amide bonds. The van der Waals surface area contributed by atoms with Crippen LogP contribution in [0.2, 0.25) is 0 Å². The summed E-state index contributed by atoms with van der Waals surface area (Å²) in [7, 11) is 0. The van der Waals surface area contributed by atoms with Gasteiger partial charge in [-0.15, -0.1) is 23.1 Å². The Kier molecular flexibility index (Phi) is 5.33. The second-order valence-electron chi connectivity index (χ2n) is 4.48. The molecule has 1 N–H and O–H groups in total. The van der Waals surface area contributed by atoms with Crippen molar-refractivity contribution in [3.8, 4) is 16.5 Å². The van der Waals surface area contributed by atoms with Gasteiger partial charge in [-0.3, -0.25) is 0 Å². The summed E-state index contributed by atoms with van der Waals surface area (Å²) >= 11 is 3.20. The molecule has 118 valence electrons. The molecule has 0 radical (unpaired) electrons. The Bertz CT molecular complexity index is 742. The third kappa shape index (κ3) is 4.61. The Hall–Kier alpha value is -2.25. The highest BCUT2D eigenvalue weighted by molar-refractivity contribution is 7.99. The molecule has 0 aliphatic heterocycles. The minimum Gasteiger partial charge on any atom is -0.388 e. The second-order valence-corrected chi connectivity index (χ2v) is 6.60. The van der Waals surface area contributed by atoms with Crippen molar-refractivity contribution in [2.75, 3.05) is 12.3 Å². The summed E-state index contributed by atoms with van der Waals surface area (Å²) in [5, 5.41) is 8.36. The summed E-state index contributed by atoms with van der Waals surface area (Å²) < 4.78 is 10.2. The minimum absolute atomic E-state index is 0.154. The second kappa shape index (κ2) is 7.85. The summed E-state index contributed by atoms with van der Waals surface area (Å²) in [4.78, 5) is 13.8. The van der Waals surface area contributed by atoms with E-state index < -0.39 is 6.09 Å². The number of nitrogens with zero attached hydrogens (tertiary/aromatic N) is 1. The molecule has 0 saturated carbocycles. The number of ether oxygens (including phenoxy) is 1. The first kappa shape index (κ1) is 15.6. The van der Waals surface area contributed by atoms with Crippen LogP contribution in [0.3, 0.4) is 0 Å². The van der Waals surface area contributed by atoms with Crippen molar-refractivity contribution in [2.45, 2.75) is 4.90 Å². The molecule has 0 aliphatic rings.